The lowest BCUT2D eigenvalue weighted by Crippen LogP contribution is -2.58. The number of amides is 1. The number of hydrogen-bond donors (Lipinski definition) is 2. The zero-order valence-corrected chi connectivity index (χ0v) is 11.2. The summed E-state index contributed by atoms with van der Waals surface area (Å²) >= 11 is 0. The summed E-state index contributed by atoms with van der Waals surface area (Å²) in [5, 5.41) is 11.4. The molecule has 0 saturated carbocycles. The highest BCUT2D eigenvalue weighted by molar-refractivity contribution is 5.90. The number of rotatable bonds is 5. The molecule has 0 atom stereocenters. The van der Waals surface area contributed by atoms with Crippen molar-refractivity contribution in [3.63, 3.8) is 0 Å². The van der Waals surface area contributed by atoms with Crippen LogP contribution in [-0.4, -0.2) is 41.2 Å². The smallest absolute Gasteiger partial charge is 0.460 e. The van der Waals surface area contributed by atoms with Gasteiger partial charge in [0.1, 0.15) is 0 Å². The first kappa shape index (κ1) is 19.4. The number of carboxylic acid groups (broad SMARTS) is 1. The maximum absolute atomic E-state index is 12.9. The molecule has 0 radical (unpaired) electrons. The van der Waals surface area contributed by atoms with Crippen LogP contribution in [0.2, 0.25) is 0 Å². The topological polar surface area (TPSA) is 78.8 Å². The number of halogens is 7. The Morgan fingerprint density at radius 2 is 1.50 bits per heavy atom. The molecule has 0 aliphatic carbocycles. The van der Waals surface area contributed by atoms with Crippen LogP contribution in [0.25, 0.3) is 0 Å². The Balaban J connectivity index is 2.82. The fraction of sp³-hybridized carbons (Fsp3) is 0.250. The predicted molar refractivity (Wildman–Crippen MR) is 65.1 cm³/mol. The Kier molecular flexibility index (Phi) is 5.21. The summed E-state index contributed by atoms with van der Waals surface area (Å²) in [6, 6.07) is 4.42. The minimum atomic E-state index is -6.63. The van der Waals surface area contributed by atoms with Gasteiger partial charge in [-0.15, -0.1) is 0 Å². The normalized spacial score (nSPS) is 13.1. The van der Waals surface area contributed by atoms with Crippen LogP contribution >= 0.6 is 0 Å². The van der Waals surface area contributed by atoms with Crippen LogP contribution in [-0.2, 0) is 4.79 Å². The number of carbonyl (C=O) groups excluding carboxylic acids is 1. The van der Waals surface area contributed by atoms with Gasteiger partial charge >= 0.3 is 29.9 Å². The monoisotopic (exact) mass is 360 g/mol. The van der Waals surface area contributed by atoms with Crippen molar-refractivity contribution >= 4 is 18.1 Å². The van der Waals surface area contributed by atoms with E-state index in [2.05, 4.69) is 5.10 Å². The van der Waals surface area contributed by atoms with E-state index in [1.54, 1.807) is 0 Å². The maximum Gasteiger partial charge on any atom is 0.460 e. The number of hydrazone groups is 1. The largest absolute Gasteiger partial charge is 0.478 e. The zero-order valence-electron chi connectivity index (χ0n) is 11.2. The molecule has 2 N–H and O–H groups in total. The van der Waals surface area contributed by atoms with Crippen molar-refractivity contribution in [1.82, 2.24) is 5.43 Å². The lowest BCUT2D eigenvalue weighted by atomic mass is 10.1. The fourth-order valence-corrected chi connectivity index (χ4v) is 1.27. The fourth-order valence-electron chi connectivity index (χ4n) is 1.27. The number of alkyl halides is 7. The van der Waals surface area contributed by atoms with E-state index in [1.165, 1.54) is 0 Å². The van der Waals surface area contributed by atoms with Gasteiger partial charge in [0.15, 0.2) is 0 Å². The molecule has 5 nitrogen and oxygen atoms in total. The lowest BCUT2D eigenvalue weighted by molar-refractivity contribution is -0.344. The predicted octanol–water partition coefficient (Wildman–Crippen LogP) is 2.67. The second-order valence-corrected chi connectivity index (χ2v) is 4.27. The molecule has 1 aromatic carbocycles. The first-order valence-corrected chi connectivity index (χ1v) is 5.80. The van der Waals surface area contributed by atoms with Crippen LogP contribution in [0, 0.1) is 0 Å². The van der Waals surface area contributed by atoms with Crippen LogP contribution in [0.15, 0.2) is 29.4 Å². The van der Waals surface area contributed by atoms with Crippen molar-refractivity contribution in [2.24, 2.45) is 5.10 Å². The van der Waals surface area contributed by atoms with Crippen molar-refractivity contribution in [2.45, 2.75) is 18.0 Å². The lowest BCUT2D eigenvalue weighted by Gasteiger charge is -2.26. The summed E-state index contributed by atoms with van der Waals surface area (Å²) in [5.74, 6) is -16.9. The Bertz CT molecular complexity index is 654. The molecule has 1 aromatic rings. The minimum absolute atomic E-state index is 0.0613. The number of benzene rings is 1. The number of aromatic carboxylic acids is 1. The zero-order chi connectivity index (χ0) is 18.8. The Morgan fingerprint density at radius 1 is 1.00 bits per heavy atom. The first-order valence-electron chi connectivity index (χ1n) is 5.80. The van der Waals surface area contributed by atoms with E-state index in [0.717, 1.165) is 29.7 Å². The maximum atomic E-state index is 12.9. The summed E-state index contributed by atoms with van der Waals surface area (Å²) < 4.78 is 86.7. The van der Waals surface area contributed by atoms with Crippen molar-refractivity contribution in [3.05, 3.63) is 35.4 Å². The van der Waals surface area contributed by atoms with Gasteiger partial charge in [-0.25, -0.2) is 10.2 Å². The highest BCUT2D eigenvalue weighted by Gasteiger charge is 2.76. The molecule has 0 bridgehead atoms. The Morgan fingerprint density at radius 3 is 1.92 bits per heavy atom. The standard InChI is InChI=1S/C12H7F7N2O3/c13-10(14,11(15,16)12(17,18)19)9(24)21-20-5-6-1-3-7(4-2-6)8(22)23/h1-5H,(H,21,24)(H,22,23). The summed E-state index contributed by atoms with van der Waals surface area (Å²) in [5.41, 5.74) is 0.801. The molecule has 0 aliphatic rings. The molecule has 24 heavy (non-hydrogen) atoms. The van der Waals surface area contributed by atoms with Crippen LogP contribution in [0.4, 0.5) is 30.7 Å². The highest BCUT2D eigenvalue weighted by atomic mass is 19.4. The van der Waals surface area contributed by atoms with Gasteiger partial charge in [-0.2, -0.15) is 35.8 Å². The number of carboxylic acids is 1. The van der Waals surface area contributed by atoms with E-state index in [4.69, 9.17) is 5.11 Å². The molecule has 0 aliphatic heterocycles. The molecule has 12 heteroatoms. The number of nitrogens with zero attached hydrogens (tertiary/aromatic N) is 1. The van der Waals surface area contributed by atoms with Gasteiger partial charge in [-0.1, -0.05) is 12.1 Å². The highest BCUT2D eigenvalue weighted by Crippen LogP contribution is 2.46. The molecule has 0 aromatic heterocycles. The molecular weight excluding hydrogens is 353 g/mol. The van der Waals surface area contributed by atoms with Crippen LogP contribution < -0.4 is 5.43 Å². The third kappa shape index (κ3) is 3.81. The second-order valence-electron chi connectivity index (χ2n) is 4.27. The van der Waals surface area contributed by atoms with Gasteiger partial charge in [-0.3, -0.25) is 4.79 Å². The van der Waals surface area contributed by atoms with E-state index < -0.39 is 29.9 Å². The molecule has 0 saturated heterocycles. The first-order chi connectivity index (χ1) is 10.8. The van der Waals surface area contributed by atoms with Gasteiger partial charge in [0, 0.05) is 0 Å². The van der Waals surface area contributed by atoms with Crippen LogP contribution in [0.5, 0.6) is 0 Å². The van der Waals surface area contributed by atoms with Gasteiger partial charge in [0.25, 0.3) is 0 Å². The molecular formula is C12H7F7N2O3. The molecule has 0 unspecified atom stereocenters. The Hall–Kier alpha value is -2.66. The van der Waals surface area contributed by atoms with E-state index in [0.29, 0.717) is 6.21 Å². The SMILES string of the molecule is O=C(O)c1ccc(C=NNC(=O)C(F)(F)C(F)(F)C(F)(F)F)cc1. The van der Waals surface area contributed by atoms with Crippen LogP contribution in [0.3, 0.4) is 0 Å². The summed E-state index contributed by atoms with van der Waals surface area (Å²) in [4.78, 5) is 21.4. The van der Waals surface area contributed by atoms with E-state index in [-0.39, 0.29) is 11.1 Å². The second kappa shape index (κ2) is 6.45. The Labute approximate surface area is 128 Å². The van der Waals surface area contributed by atoms with Gasteiger partial charge in [-0.05, 0) is 17.7 Å². The number of carbonyl (C=O) groups is 2. The van der Waals surface area contributed by atoms with Crippen molar-refractivity contribution < 1.29 is 45.4 Å². The number of hydrogen-bond acceptors (Lipinski definition) is 3. The summed E-state index contributed by atoms with van der Waals surface area (Å²) in [6.45, 7) is 0. The van der Waals surface area contributed by atoms with Crippen molar-refractivity contribution in [1.29, 1.82) is 0 Å². The van der Waals surface area contributed by atoms with Gasteiger partial charge in [0.2, 0.25) is 0 Å². The molecule has 132 valence electrons. The van der Waals surface area contributed by atoms with E-state index >= 15 is 0 Å². The third-order valence-electron chi connectivity index (χ3n) is 2.57. The average molecular weight is 360 g/mol. The quantitative estimate of drug-likeness (QED) is 0.481. The summed E-state index contributed by atoms with van der Waals surface area (Å²) in [6.07, 6.45) is -5.99. The van der Waals surface area contributed by atoms with E-state index in [9.17, 15) is 40.3 Å². The summed E-state index contributed by atoms with van der Waals surface area (Å²) in [7, 11) is 0. The third-order valence-corrected chi connectivity index (χ3v) is 2.57. The molecule has 1 rings (SSSR count). The number of nitrogens with one attached hydrogen (secondary N) is 1. The average Bonchev–Trinajstić information content (AvgIpc) is 2.46. The molecule has 1 amide bonds. The molecule has 0 fully saturated rings. The minimum Gasteiger partial charge on any atom is -0.478 e. The molecule has 0 spiro atoms. The van der Waals surface area contributed by atoms with Gasteiger partial charge < -0.3 is 5.11 Å². The van der Waals surface area contributed by atoms with Crippen molar-refractivity contribution in [2.75, 3.05) is 0 Å². The van der Waals surface area contributed by atoms with Crippen molar-refractivity contribution in [3.8, 4) is 0 Å². The van der Waals surface area contributed by atoms with E-state index in [1.807, 2.05) is 0 Å². The molecule has 0 heterocycles. The van der Waals surface area contributed by atoms with Gasteiger partial charge in [0.05, 0.1) is 11.8 Å². The van der Waals surface area contributed by atoms with Crippen LogP contribution in [0.1, 0.15) is 15.9 Å².